The number of thiophene rings is 1. The molecule has 0 radical (unpaired) electrons. The third kappa shape index (κ3) is 2.62. The Hall–Kier alpha value is -0.550. The quantitative estimate of drug-likeness (QED) is 0.819. The second-order valence-electron chi connectivity index (χ2n) is 4.82. The summed E-state index contributed by atoms with van der Waals surface area (Å²) in [6.07, 6.45) is 1.01. The molecule has 0 saturated heterocycles. The predicted molar refractivity (Wildman–Crippen MR) is 88.1 cm³/mol. The topological polar surface area (TPSA) is 21.3 Å². The van der Waals surface area contributed by atoms with E-state index in [1.807, 2.05) is 19.2 Å². The van der Waals surface area contributed by atoms with E-state index in [4.69, 9.17) is 16.3 Å². The number of ether oxygens (including phenoxy) is 1. The molecule has 1 aromatic heterocycles. The molecule has 2 heterocycles. The van der Waals surface area contributed by atoms with Crippen LogP contribution in [0, 0.1) is 0 Å². The Balaban J connectivity index is 1.98. The number of nitrogens with one attached hydrogen (secondary N) is 1. The smallest absolute Gasteiger partial charge is 0.122 e. The summed E-state index contributed by atoms with van der Waals surface area (Å²) in [5, 5.41) is 4.23. The molecule has 0 spiro atoms. The molecule has 106 valence electrons. The summed E-state index contributed by atoms with van der Waals surface area (Å²) in [5.41, 5.74) is 1.28. The molecule has 1 aromatic carbocycles. The average molecular weight is 373 g/mol. The first-order valence-corrected chi connectivity index (χ1v) is 8.53. The number of fused-ring (bicyclic) bond motifs is 1. The number of benzene rings is 1. The number of hydrogen-bond acceptors (Lipinski definition) is 3. The molecule has 1 aliphatic heterocycles. The van der Waals surface area contributed by atoms with Gasteiger partial charge in [0.25, 0.3) is 0 Å². The maximum absolute atomic E-state index is 6.18. The summed E-state index contributed by atoms with van der Waals surface area (Å²) in [7, 11) is 2.00. The Kier molecular flexibility index (Phi) is 4.36. The third-order valence-electron chi connectivity index (χ3n) is 3.69. The van der Waals surface area contributed by atoms with E-state index in [0.717, 1.165) is 27.6 Å². The Morgan fingerprint density at radius 1 is 1.45 bits per heavy atom. The van der Waals surface area contributed by atoms with Gasteiger partial charge in [-0.05, 0) is 47.1 Å². The minimum Gasteiger partial charge on any atom is -0.493 e. The van der Waals surface area contributed by atoms with Gasteiger partial charge in [-0.15, -0.1) is 11.3 Å². The maximum atomic E-state index is 6.18. The third-order valence-corrected chi connectivity index (χ3v) is 6.25. The molecule has 0 bridgehead atoms. The lowest BCUT2D eigenvalue weighted by Gasteiger charge is -2.31. The summed E-state index contributed by atoms with van der Waals surface area (Å²) >= 11 is 11.4. The Morgan fingerprint density at radius 2 is 2.25 bits per heavy atom. The van der Waals surface area contributed by atoms with Gasteiger partial charge in [0, 0.05) is 16.8 Å². The van der Waals surface area contributed by atoms with Gasteiger partial charge in [-0.2, -0.15) is 0 Å². The fourth-order valence-corrected chi connectivity index (χ4v) is 4.70. The second-order valence-corrected chi connectivity index (χ2v) is 7.63. The number of likely N-dealkylation sites (N-methyl/N-ethyl adjacent to an activating group) is 1. The zero-order valence-electron chi connectivity index (χ0n) is 11.0. The minimum absolute atomic E-state index is 0.258. The van der Waals surface area contributed by atoms with Crippen molar-refractivity contribution in [3.8, 4) is 5.75 Å². The van der Waals surface area contributed by atoms with Crippen LogP contribution in [-0.2, 0) is 0 Å². The molecule has 1 N–H and O–H groups in total. The Morgan fingerprint density at radius 3 is 2.95 bits per heavy atom. The molecule has 2 unspecified atom stereocenters. The van der Waals surface area contributed by atoms with Gasteiger partial charge in [0.1, 0.15) is 5.75 Å². The van der Waals surface area contributed by atoms with E-state index < -0.39 is 0 Å². The molecule has 1 aliphatic rings. The predicted octanol–water partition coefficient (Wildman–Crippen LogP) is 4.99. The van der Waals surface area contributed by atoms with E-state index in [-0.39, 0.29) is 6.04 Å². The molecule has 2 nitrogen and oxygen atoms in total. The summed E-state index contributed by atoms with van der Waals surface area (Å²) in [4.78, 5) is 1.26. The van der Waals surface area contributed by atoms with Crippen LogP contribution in [0.5, 0.6) is 5.75 Å². The number of hydrogen-bond donors (Lipinski definition) is 1. The number of para-hydroxylation sites is 1. The zero-order chi connectivity index (χ0) is 14.1. The van der Waals surface area contributed by atoms with E-state index >= 15 is 0 Å². The highest BCUT2D eigenvalue weighted by molar-refractivity contribution is 9.11. The molecule has 0 saturated carbocycles. The van der Waals surface area contributed by atoms with Crippen LogP contribution in [0.2, 0.25) is 5.02 Å². The first kappa shape index (κ1) is 14.4. The van der Waals surface area contributed by atoms with Gasteiger partial charge >= 0.3 is 0 Å². The van der Waals surface area contributed by atoms with E-state index in [9.17, 15) is 0 Å². The molecule has 2 aromatic rings. The van der Waals surface area contributed by atoms with Crippen molar-refractivity contribution in [3.63, 3.8) is 0 Å². The molecular formula is C15H15BrClNOS. The SMILES string of the molecule is CNC(c1cc(Cl)c(Br)s1)C1CCOc2ccccc21. The normalized spacial score (nSPS) is 19.2. The first-order valence-electron chi connectivity index (χ1n) is 6.54. The van der Waals surface area contributed by atoms with Crippen molar-refractivity contribution >= 4 is 38.9 Å². The largest absolute Gasteiger partial charge is 0.493 e. The van der Waals surface area contributed by atoms with E-state index in [0.29, 0.717) is 5.92 Å². The zero-order valence-corrected chi connectivity index (χ0v) is 14.2. The molecule has 0 aliphatic carbocycles. The number of halogens is 2. The lowest BCUT2D eigenvalue weighted by Crippen LogP contribution is -2.27. The van der Waals surface area contributed by atoms with Crippen LogP contribution < -0.4 is 10.1 Å². The van der Waals surface area contributed by atoms with Crippen LogP contribution in [0.25, 0.3) is 0 Å². The van der Waals surface area contributed by atoms with Crippen LogP contribution in [0.3, 0.4) is 0 Å². The fraction of sp³-hybridized carbons (Fsp3) is 0.333. The monoisotopic (exact) mass is 371 g/mol. The molecule has 0 fully saturated rings. The van der Waals surface area contributed by atoms with Crippen molar-refractivity contribution in [2.24, 2.45) is 0 Å². The van der Waals surface area contributed by atoms with Crippen molar-refractivity contribution in [3.05, 3.63) is 49.6 Å². The van der Waals surface area contributed by atoms with E-state index in [1.54, 1.807) is 11.3 Å². The molecule has 5 heteroatoms. The summed E-state index contributed by atoms with van der Waals surface area (Å²) in [6.45, 7) is 0.764. The van der Waals surface area contributed by atoms with Crippen molar-refractivity contribution in [1.82, 2.24) is 5.32 Å². The van der Waals surface area contributed by atoms with Gasteiger partial charge in [-0.1, -0.05) is 29.8 Å². The van der Waals surface area contributed by atoms with Gasteiger partial charge < -0.3 is 10.1 Å². The summed E-state index contributed by atoms with van der Waals surface area (Å²) in [5.74, 6) is 1.41. The molecule has 0 amide bonds. The van der Waals surface area contributed by atoms with Crippen LogP contribution in [0.15, 0.2) is 34.1 Å². The first-order chi connectivity index (χ1) is 9.70. The highest BCUT2D eigenvalue weighted by Gasteiger charge is 2.30. The van der Waals surface area contributed by atoms with Crippen LogP contribution in [0.4, 0.5) is 0 Å². The van der Waals surface area contributed by atoms with E-state index in [1.165, 1.54) is 10.4 Å². The van der Waals surface area contributed by atoms with Crippen LogP contribution in [0.1, 0.15) is 28.8 Å². The van der Waals surface area contributed by atoms with E-state index in [2.05, 4.69) is 39.4 Å². The van der Waals surface area contributed by atoms with Crippen LogP contribution in [-0.4, -0.2) is 13.7 Å². The average Bonchev–Trinajstić information content (AvgIpc) is 2.79. The van der Waals surface area contributed by atoms with Gasteiger partial charge in [0.2, 0.25) is 0 Å². The standard InChI is InChI=1S/C15H15BrClNOS/c1-18-14(13-8-11(17)15(16)20-13)10-6-7-19-12-5-3-2-4-9(10)12/h2-5,8,10,14,18H,6-7H2,1H3. The second kappa shape index (κ2) is 6.06. The Bertz CT molecular complexity index is 596. The van der Waals surface area contributed by atoms with Gasteiger partial charge in [-0.25, -0.2) is 0 Å². The summed E-state index contributed by atoms with van der Waals surface area (Å²) in [6, 6.07) is 10.6. The van der Waals surface area contributed by atoms with Crippen LogP contribution >= 0.6 is 38.9 Å². The van der Waals surface area contributed by atoms with Crippen molar-refractivity contribution in [1.29, 1.82) is 0 Å². The van der Waals surface area contributed by atoms with Crippen molar-refractivity contribution in [2.75, 3.05) is 13.7 Å². The molecule has 20 heavy (non-hydrogen) atoms. The Labute approximate surface area is 136 Å². The molecule has 2 atom stereocenters. The molecule has 3 rings (SSSR count). The van der Waals surface area contributed by atoms with Gasteiger partial charge in [-0.3, -0.25) is 0 Å². The lowest BCUT2D eigenvalue weighted by atomic mass is 9.86. The number of rotatable bonds is 3. The highest BCUT2D eigenvalue weighted by atomic mass is 79.9. The molecular weight excluding hydrogens is 358 g/mol. The lowest BCUT2D eigenvalue weighted by molar-refractivity contribution is 0.249. The minimum atomic E-state index is 0.258. The van der Waals surface area contributed by atoms with Crippen molar-refractivity contribution in [2.45, 2.75) is 18.4 Å². The summed E-state index contributed by atoms with van der Waals surface area (Å²) < 4.78 is 6.75. The maximum Gasteiger partial charge on any atom is 0.122 e. The van der Waals surface area contributed by atoms with Gasteiger partial charge in [0.15, 0.2) is 0 Å². The van der Waals surface area contributed by atoms with Gasteiger partial charge in [0.05, 0.1) is 15.4 Å². The fourth-order valence-electron chi connectivity index (χ4n) is 2.77. The van der Waals surface area contributed by atoms with Crippen molar-refractivity contribution < 1.29 is 4.74 Å². The highest BCUT2D eigenvalue weighted by Crippen LogP contribution is 2.45.